The second-order valence-corrected chi connectivity index (χ2v) is 16.1. The van der Waals surface area contributed by atoms with Crippen molar-refractivity contribution in [2.24, 2.45) is 0 Å². The van der Waals surface area contributed by atoms with Crippen LogP contribution in [0.3, 0.4) is 0 Å². The molecule has 0 N–H and O–H groups in total. The van der Waals surface area contributed by atoms with E-state index in [-0.39, 0.29) is 11.5 Å². The van der Waals surface area contributed by atoms with Crippen molar-refractivity contribution in [3.63, 3.8) is 0 Å². The Hall–Kier alpha value is -6.64. The number of anilines is 2. The summed E-state index contributed by atoms with van der Waals surface area (Å²) >= 11 is 0. The van der Waals surface area contributed by atoms with Gasteiger partial charge in [-0.05, 0) is 131 Å². The zero-order valence-electron chi connectivity index (χ0n) is 33.1. The highest BCUT2D eigenvalue weighted by atomic mass is 15.2. The summed E-state index contributed by atoms with van der Waals surface area (Å²) in [4.78, 5) is 2.61. The fourth-order valence-corrected chi connectivity index (χ4v) is 9.72. The first-order valence-electron chi connectivity index (χ1n) is 20.2. The highest BCUT2D eigenvalue weighted by Gasteiger charge is 2.37. The average Bonchev–Trinajstić information content (AvgIpc) is 3.70. The molecule has 7 aromatic carbocycles. The van der Waals surface area contributed by atoms with Crippen LogP contribution in [0.2, 0.25) is 0 Å². The van der Waals surface area contributed by atoms with Crippen LogP contribution < -0.4 is 4.90 Å². The van der Waals surface area contributed by atoms with Crippen molar-refractivity contribution in [3.8, 4) is 27.9 Å². The van der Waals surface area contributed by atoms with Crippen molar-refractivity contribution >= 4 is 38.8 Å². The van der Waals surface area contributed by atoms with Gasteiger partial charge in [-0.25, -0.2) is 0 Å². The van der Waals surface area contributed by atoms with Gasteiger partial charge in [0.2, 0.25) is 0 Å². The summed E-state index contributed by atoms with van der Waals surface area (Å²) in [6.07, 6.45) is 7.93. The predicted octanol–water partition coefficient (Wildman–Crippen LogP) is 14.6. The SMILES string of the molecule is C/C=C\C1=C(C)C(c2ccc3c(c2)c2ccccc2n3-c2ccccc2)=CCC1N(c1cccc(-c2ccccc2)c1)c1ccc2c(c1)C(C)(C)c1ccccc1-2. The maximum absolute atomic E-state index is 2.61. The number of aromatic nitrogens is 1. The maximum Gasteiger partial charge on any atom is 0.0628 e. The summed E-state index contributed by atoms with van der Waals surface area (Å²) in [7, 11) is 0. The quantitative estimate of drug-likeness (QED) is 0.158. The van der Waals surface area contributed by atoms with Gasteiger partial charge in [0.25, 0.3) is 0 Å². The lowest BCUT2D eigenvalue weighted by molar-refractivity contribution is 0.659. The van der Waals surface area contributed by atoms with E-state index < -0.39 is 0 Å². The summed E-state index contributed by atoms with van der Waals surface area (Å²) in [5.74, 6) is 0. The van der Waals surface area contributed by atoms with E-state index >= 15 is 0 Å². The first-order chi connectivity index (χ1) is 27.9. The van der Waals surface area contributed by atoms with Crippen LogP contribution in [0.25, 0.3) is 55.3 Å². The van der Waals surface area contributed by atoms with Gasteiger partial charge in [-0.2, -0.15) is 0 Å². The van der Waals surface area contributed by atoms with Gasteiger partial charge in [0.05, 0.1) is 17.1 Å². The lowest BCUT2D eigenvalue weighted by Crippen LogP contribution is -2.34. The summed E-state index contributed by atoms with van der Waals surface area (Å²) in [6.45, 7) is 9.22. The van der Waals surface area contributed by atoms with Gasteiger partial charge in [0, 0.05) is 33.2 Å². The molecule has 1 atom stereocenters. The van der Waals surface area contributed by atoms with Gasteiger partial charge < -0.3 is 9.47 Å². The summed E-state index contributed by atoms with van der Waals surface area (Å²) < 4.78 is 2.39. The standard InChI is InChI=1S/C55H46N2/c1-5-17-45-37(2)44(40-28-32-54-49(35-40)48-25-13-15-27-52(48)57(54)41-21-10-7-11-22-41)31-33-53(45)56(42-23-16-20-39(34-42)38-18-8-6-9-19-38)43-29-30-47-46-24-12-14-26-50(46)55(3,4)51(47)36-43/h5-32,34-36,53H,33H2,1-4H3/b17-5-. The van der Waals surface area contributed by atoms with E-state index in [1.54, 1.807) is 0 Å². The lowest BCUT2D eigenvalue weighted by atomic mass is 9.81. The number of para-hydroxylation sites is 2. The van der Waals surface area contributed by atoms with Crippen LogP contribution in [-0.4, -0.2) is 10.6 Å². The largest absolute Gasteiger partial charge is 0.334 e. The van der Waals surface area contributed by atoms with Gasteiger partial charge in [0.1, 0.15) is 0 Å². The number of nitrogens with zero attached hydrogens (tertiary/aromatic N) is 2. The molecular weight excluding hydrogens is 689 g/mol. The van der Waals surface area contributed by atoms with E-state index in [1.165, 1.54) is 94.5 Å². The maximum atomic E-state index is 2.61. The Morgan fingerprint density at radius 3 is 2.09 bits per heavy atom. The smallest absolute Gasteiger partial charge is 0.0628 e. The molecule has 2 aliphatic rings. The molecule has 276 valence electrons. The van der Waals surface area contributed by atoms with Gasteiger partial charge in [-0.3, -0.25) is 0 Å². The molecule has 1 heterocycles. The second-order valence-electron chi connectivity index (χ2n) is 16.1. The molecule has 8 aromatic rings. The van der Waals surface area contributed by atoms with E-state index in [1.807, 2.05) is 0 Å². The normalized spacial score (nSPS) is 15.9. The first-order valence-corrected chi connectivity index (χ1v) is 20.2. The van der Waals surface area contributed by atoms with Gasteiger partial charge >= 0.3 is 0 Å². The minimum Gasteiger partial charge on any atom is -0.334 e. The number of benzene rings is 7. The zero-order valence-corrected chi connectivity index (χ0v) is 33.1. The predicted molar refractivity (Wildman–Crippen MR) is 243 cm³/mol. The van der Waals surface area contributed by atoms with Crippen molar-refractivity contribution in [1.29, 1.82) is 0 Å². The Balaban J connectivity index is 1.12. The molecule has 1 unspecified atom stereocenters. The number of rotatable bonds is 7. The van der Waals surface area contributed by atoms with Crippen molar-refractivity contribution in [2.45, 2.75) is 45.6 Å². The van der Waals surface area contributed by atoms with Crippen LogP contribution in [0.4, 0.5) is 11.4 Å². The molecule has 57 heavy (non-hydrogen) atoms. The Bertz CT molecular complexity index is 2920. The monoisotopic (exact) mass is 734 g/mol. The Morgan fingerprint density at radius 1 is 0.579 bits per heavy atom. The third kappa shape index (κ3) is 5.70. The van der Waals surface area contributed by atoms with Crippen molar-refractivity contribution in [3.05, 3.63) is 216 Å². The fourth-order valence-electron chi connectivity index (χ4n) is 9.72. The van der Waals surface area contributed by atoms with Crippen LogP contribution in [0, 0.1) is 0 Å². The fraction of sp³-hybridized carbons (Fsp3) is 0.127. The Kier molecular flexibility index (Phi) is 8.45. The second kappa shape index (κ2) is 13.8. The summed E-state index contributed by atoms with van der Waals surface area (Å²) in [5, 5.41) is 2.55. The van der Waals surface area contributed by atoms with Crippen LogP contribution in [0.5, 0.6) is 0 Å². The van der Waals surface area contributed by atoms with Gasteiger partial charge in [-0.1, -0.05) is 147 Å². The third-order valence-electron chi connectivity index (χ3n) is 12.5. The number of fused-ring (bicyclic) bond motifs is 6. The van der Waals surface area contributed by atoms with E-state index in [4.69, 9.17) is 0 Å². The van der Waals surface area contributed by atoms with Crippen LogP contribution >= 0.6 is 0 Å². The van der Waals surface area contributed by atoms with Crippen LogP contribution in [0.1, 0.15) is 50.8 Å². The molecule has 0 spiro atoms. The summed E-state index contributed by atoms with van der Waals surface area (Å²) in [6, 6.07) is 62.7. The molecule has 2 nitrogen and oxygen atoms in total. The molecule has 2 aliphatic carbocycles. The topological polar surface area (TPSA) is 8.17 Å². The van der Waals surface area contributed by atoms with Crippen molar-refractivity contribution in [1.82, 2.24) is 4.57 Å². The average molecular weight is 735 g/mol. The van der Waals surface area contributed by atoms with Crippen LogP contribution in [-0.2, 0) is 5.41 Å². The van der Waals surface area contributed by atoms with E-state index in [9.17, 15) is 0 Å². The first kappa shape index (κ1) is 34.8. The molecule has 0 radical (unpaired) electrons. The number of hydrogen-bond donors (Lipinski definition) is 0. The molecule has 10 rings (SSSR count). The number of allylic oxidation sites excluding steroid dienone is 3. The van der Waals surface area contributed by atoms with Crippen molar-refractivity contribution < 1.29 is 0 Å². The summed E-state index contributed by atoms with van der Waals surface area (Å²) in [5.41, 5.74) is 19.1. The highest BCUT2D eigenvalue weighted by molar-refractivity contribution is 6.10. The molecule has 0 bridgehead atoms. The highest BCUT2D eigenvalue weighted by Crippen LogP contribution is 2.51. The minimum atomic E-state index is -0.0979. The van der Waals surface area contributed by atoms with Crippen molar-refractivity contribution in [2.75, 3.05) is 4.90 Å². The lowest BCUT2D eigenvalue weighted by Gasteiger charge is -2.38. The van der Waals surface area contributed by atoms with Gasteiger partial charge in [0.15, 0.2) is 0 Å². The van der Waals surface area contributed by atoms with E-state index in [0.29, 0.717) is 0 Å². The van der Waals surface area contributed by atoms with E-state index in [0.717, 1.165) is 6.42 Å². The Morgan fingerprint density at radius 2 is 1.26 bits per heavy atom. The molecule has 0 saturated heterocycles. The molecule has 1 aromatic heterocycles. The molecule has 0 saturated carbocycles. The van der Waals surface area contributed by atoms with E-state index in [2.05, 4.69) is 225 Å². The number of hydrogen-bond acceptors (Lipinski definition) is 1. The third-order valence-corrected chi connectivity index (χ3v) is 12.5. The zero-order chi connectivity index (χ0) is 38.7. The molecular formula is C55H46N2. The molecule has 2 heteroatoms. The molecule has 0 aliphatic heterocycles. The molecule has 0 amide bonds. The van der Waals surface area contributed by atoms with Gasteiger partial charge in [-0.15, -0.1) is 0 Å². The Labute approximate surface area is 336 Å². The minimum absolute atomic E-state index is 0.0876. The van der Waals surface area contributed by atoms with Crippen LogP contribution in [0.15, 0.2) is 199 Å². The molecule has 0 fully saturated rings.